The van der Waals surface area contributed by atoms with Crippen molar-refractivity contribution >= 4 is 29.8 Å². The van der Waals surface area contributed by atoms with Crippen LogP contribution >= 0.6 is 0 Å². The first-order valence-corrected chi connectivity index (χ1v) is 11.1. The zero-order valence-corrected chi connectivity index (χ0v) is 20.4. The number of ether oxygens (including phenoxy) is 3. The van der Waals surface area contributed by atoms with E-state index in [1.807, 2.05) is 0 Å². The van der Waals surface area contributed by atoms with Crippen LogP contribution in [0.5, 0.6) is 0 Å². The van der Waals surface area contributed by atoms with Gasteiger partial charge in [0, 0.05) is 0 Å². The molecule has 0 spiro atoms. The Hall–Kier alpha value is -5.10. The first-order valence-electron chi connectivity index (χ1n) is 11.1. The molecule has 39 heavy (non-hydrogen) atoms. The Morgan fingerprint density at radius 1 is 0.692 bits per heavy atom. The maximum absolute atomic E-state index is 12.5. The van der Waals surface area contributed by atoms with Crippen LogP contribution in [0.1, 0.15) is 32.3 Å². The quantitative estimate of drug-likeness (QED) is 0.268. The Labute approximate surface area is 221 Å². The number of hydrogen-bond donors (Lipinski definition) is 3. The smallest absolute Gasteiger partial charge is 0.349 e. The Morgan fingerprint density at radius 3 is 1.41 bits per heavy atom. The second-order valence-electron chi connectivity index (χ2n) is 7.61. The number of carbonyl (C=O) groups excluding carboxylic acids is 3. The predicted octanol–water partition coefficient (Wildman–Crippen LogP) is 2.61. The fourth-order valence-corrected chi connectivity index (χ4v) is 2.93. The average Bonchev–Trinajstić information content (AvgIpc) is 2.95. The van der Waals surface area contributed by atoms with E-state index in [2.05, 4.69) is 4.74 Å². The fraction of sp³-hybridized carbons (Fsp3) is 0.148. The number of halogens is 1. The number of carboxylic acids is 2. The third kappa shape index (κ3) is 9.05. The van der Waals surface area contributed by atoms with E-state index in [0.717, 1.165) is 0 Å². The van der Waals surface area contributed by atoms with Crippen molar-refractivity contribution in [3.63, 3.8) is 0 Å². The summed E-state index contributed by atoms with van der Waals surface area (Å²) >= 11 is 0. The lowest BCUT2D eigenvalue weighted by Gasteiger charge is -2.21. The number of carboxylic acid groups (broad SMARTS) is 2. The number of rotatable bonds is 9. The monoisotopic (exact) mass is 541 g/mol. The molecule has 3 aromatic rings. The summed E-state index contributed by atoms with van der Waals surface area (Å²) in [6.45, 7) is 0. The number of benzene rings is 3. The van der Waals surface area contributed by atoms with Crippen LogP contribution in [0.15, 0.2) is 84.9 Å². The standard InChI is InChI=1S/C18H14O8.C9H10FNO2/c19-15(20)13(25-17(23)11-7-3-1-4-8-11)14(16(21)22)26-18(24)12-9-5-2-6-10-12;1-13-9(12)8(11)6-2-4-7(10)5-3-6/h1-10,13-14H,(H,19,20)(H,21,22);2-5,8H,11H2,1H3/t13-,14-;8-/m10/s1. The van der Waals surface area contributed by atoms with Gasteiger partial charge in [0.1, 0.15) is 11.9 Å². The zero-order chi connectivity index (χ0) is 28.9. The molecule has 4 N–H and O–H groups in total. The molecule has 0 radical (unpaired) electrons. The molecular formula is C27H24FNO10. The van der Waals surface area contributed by atoms with Crippen molar-refractivity contribution in [1.29, 1.82) is 0 Å². The van der Waals surface area contributed by atoms with Crippen LogP contribution in [0, 0.1) is 5.82 Å². The van der Waals surface area contributed by atoms with Crippen LogP contribution in [0.4, 0.5) is 4.39 Å². The summed E-state index contributed by atoms with van der Waals surface area (Å²) < 4.78 is 26.4. The van der Waals surface area contributed by atoms with Crippen LogP contribution in [0.2, 0.25) is 0 Å². The van der Waals surface area contributed by atoms with Crippen LogP contribution in [-0.4, -0.2) is 59.4 Å². The molecule has 0 aliphatic rings. The van der Waals surface area contributed by atoms with Crippen molar-refractivity contribution in [3.8, 4) is 0 Å². The van der Waals surface area contributed by atoms with Crippen molar-refractivity contribution in [3.05, 3.63) is 107 Å². The molecule has 204 valence electrons. The molecule has 0 saturated heterocycles. The normalized spacial score (nSPS) is 12.4. The van der Waals surface area contributed by atoms with Crippen LogP contribution in [0.25, 0.3) is 0 Å². The molecule has 0 aliphatic heterocycles. The summed E-state index contributed by atoms with van der Waals surface area (Å²) in [6.07, 6.45) is -4.43. The maximum atomic E-state index is 12.5. The lowest BCUT2D eigenvalue weighted by atomic mass is 10.1. The Morgan fingerprint density at radius 2 is 1.08 bits per heavy atom. The van der Waals surface area contributed by atoms with E-state index in [4.69, 9.17) is 15.2 Å². The minimum atomic E-state index is -2.21. The Balaban J connectivity index is 0.000000344. The third-order valence-corrected chi connectivity index (χ3v) is 4.93. The van der Waals surface area contributed by atoms with E-state index in [9.17, 15) is 38.6 Å². The Kier molecular flexibility index (Phi) is 11.3. The van der Waals surface area contributed by atoms with Gasteiger partial charge in [0.15, 0.2) is 0 Å². The molecule has 0 aromatic heterocycles. The van der Waals surface area contributed by atoms with Crippen LogP contribution in [-0.2, 0) is 28.6 Å². The van der Waals surface area contributed by atoms with E-state index < -0.39 is 48.1 Å². The molecule has 0 unspecified atom stereocenters. The second-order valence-corrected chi connectivity index (χ2v) is 7.61. The number of carbonyl (C=O) groups is 5. The maximum Gasteiger partial charge on any atom is 0.349 e. The highest BCUT2D eigenvalue weighted by molar-refractivity contribution is 5.95. The largest absolute Gasteiger partial charge is 0.478 e. The van der Waals surface area contributed by atoms with E-state index in [0.29, 0.717) is 5.56 Å². The van der Waals surface area contributed by atoms with Gasteiger partial charge < -0.3 is 30.2 Å². The first-order chi connectivity index (χ1) is 18.5. The summed E-state index contributed by atoms with van der Waals surface area (Å²) in [5.74, 6) is -6.53. The summed E-state index contributed by atoms with van der Waals surface area (Å²) in [4.78, 5) is 57.8. The predicted molar refractivity (Wildman–Crippen MR) is 132 cm³/mol. The topological polar surface area (TPSA) is 180 Å². The number of esters is 3. The summed E-state index contributed by atoms with van der Waals surface area (Å²) in [7, 11) is 1.26. The second kappa shape index (κ2) is 14.6. The zero-order valence-electron chi connectivity index (χ0n) is 20.4. The van der Waals surface area contributed by atoms with Crippen LogP contribution in [0.3, 0.4) is 0 Å². The lowest BCUT2D eigenvalue weighted by molar-refractivity contribution is -0.166. The van der Waals surface area contributed by atoms with Gasteiger partial charge in [-0.3, -0.25) is 4.79 Å². The van der Waals surface area contributed by atoms with Gasteiger partial charge in [0.05, 0.1) is 18.2 Å². The highest BCUT2D eigenvalue weighted by Gasteiger charge is 2.41. The SMILES string of the molecule is COC(=O)[C@@H](N)c1ccc(F)cc1.O=C(O[C@@H](C(=O)O)[C@@H](OC(=O)c1ccccc1)C(=O)O)c1ccccc1. The van der Waals surface area contributed by atoms with Gasteiger partial charge in [-0.15, -0.1) is 0 Å². The molecule has 0 saturated carbocycles. The van der Waals surface area contributed by atoms with Gasteiger partial charge in [0.25, 0.3) is 0 Å². The van der Waals surface area contributed by atoms with Gasteiger partial charge in [0.2, 0.25) is 12.2 Å². The van der Waals surface area contributed by atoms with E-state index >= 15 is 0 Å². The minimum Gasteiger partial charge on any atom is -0.478 e. The molecule has 0 bridgehead atoms. The molecule has 11 nitrogen and oxygen atoms in total. The fourth-order valence-electron chi connectivity index (χ4n) is 2.93. The van der Waals surface area contributed by atoms with Gasteiger partial charge in [-0.05, 0) is 42.0 Å². The highest BCUT2D eigenvalue weighted by Crippen LogP contribution is 2.14. The summed E-state index contributed by atoms with van der Waals surface area (Å²) in [5, 5.41) is 18.5. The van der Waals surface area contributed by atoms with Gasteiger partial charge in [-0.25, -0.2) is 23.6 Å². The number of hydrogen-bond acceptors (Lipinski definition) is 9. The van der Waals surface area contributed by atoms with Crippen molar-refractivity contribution in [2.24, 2.45) is 5.73 Å². The van der Waals surface area contributed by atoms with Crippen molar-refractivity contribution in [2.45, 2.75) is 18.2 Å². The van der Waals surface area contributed by atoms with Crippen molar-refractivity contribution in [2.75, 3.05) is 7.11 Å². The van der Waals surface area contributed by atoms with Crippen LogP contribution < -0.4 is 5.73 Å². The Bertz CT molecular complexity index is 1210. The number of aliphatic carboxylic acids is 2. The van der Waals surface area contributed by atoms with Gasteiger partial charge in [-0.2, -0.15) is 0 Å². The number of methoxy groups -OCH3 is 1. The molecule has 12 heteroatoms. The van der Waals surface area contributed by atoms with E-state index in [1.165, 1.54) is 79.9 Å². The molecule has 3 rings (SSSR count). The molecule has 0 fully saturated rings. The summed E-state index contributed by atoms with van der Waals surface area (Å²) in [6, 6.07) is 19.4. The minimum absolute atomic E-state index is 0.0253. The summed E-state index contributed by atoms with van der Waals surface area (Å²) in [5.41, 5.74) is 6.09. The molecular weight excluding hydrogens is 517 g/mol. The molecule has 0 aliphatic carbocycles. The molecule has 0 heterocycles. The molecule has 3 atom stereocenters. The van der Waals surface area contributed by atoms with Crippen molar-refractivity contribution in [1.82, 2.24) is 0 Å². The van der Waals surface area contributed by atoms with E-state index in [1.54, 1.807) is 12.1 Å². The highest BCUT2D eigenvalue weighted by atomic mass is 19.1. The number of nitrogens with two attached hydrogens (primary N) is 1. The average molecular weight is 541 g/mol. The van der Waals surface area contributed by atoms with E-state index in [-0.39, 0.29) is 16.9 Å². The molecule has 0 amide bonds. The van der Waals surface area contributed by atoms with Gasteiger partial charge in [-0.1, -0.05) is 48.5 Å². The molecule has 3 aromatic carbocycles. The third-order valence-electron chi connectivity index (χ3n) is 4.93. The lowest BCUT2D eigenvalue weighted by Crippen LogP contribution is -2.45. The van der Waals surface area contributed by atoms with Gasteiger partial charge >= 0.3 is 29.8 Å². The van der Waals surface area contributed by atoms with Crippen molar-refractivity contribution < 1.29 is 52.8 Å². The first kappa shape index (κ1) is 30.1.